The van der Waals surface area contributed by atoms with Crippen LogP contribution >= 0.6 is 0 Å². The van der Waals surface area contributed by atoms with Gasteiger partial charge in [-0.3, -0.25) is 0 Å². The summed E-state index contributed by atoms with van der Waals surface area (Å²) >= 11 is 0. The lowest BCUT2D eigenvalue weighted by Crippen LogP contribution is -2.20. The van der Waals surface area contributed by atoms with Gasteiger partial charge in [-0.15, -0.1) is 0 Å². The molecular weight excluding hydrogens is 462 g/mol. The van der Waals surface area contributed by atoms with Crippen molar-refractivity contribution in [1.82, 2.24) is 4.98 Å². The minimum atomic E-state index is -0.354. The highest BCUT2D eigenvalue weighted by Crippen LogP contribution is 2.43. The smallest absolute Gasteiger partial charge is 0.344 e. The first-order valence-corrected chi connectivity index (χ1v) is 13.2. The summed E-state index contributed by atoms with van der Waals surface area (Å²) in [4.78, 5) is 16.8. The molecule has 190 valence electrons. The minimum Gasteiger partial charge on any atom is -0.482 e. The third kappa shape index (κ3) is 6.11. The second-order valence-electron chi connectivity index (χ2n) is 9.56. The molecule has 3 aromatic carbocycles. The average molecular weight is 496 g/mol. The molecule has 0 unspecified atom stereocenters. The van der Waals surface area contributed by atoms with E-state index in [-0.39, 0.29) is 18.5 Å². The van der Waals surface area contributed by atoms with Crippen LogP contribution in [0.15, 0.2) is 89.3 Å². The molecule has 1 fully saturated rings. The van der Waals surface area contributed by atoms with Crippen LogP contribution in [0.1, 0.15) is 50.0 Å². The molecule has 1 saturated carbocycles. The highest BCUT2D eigenvalue weighted by Gasteiger charge is 2.32. The summed E-state index contributed by atoms with van der Waals surface area (Å²) < 4.78 is 17.2. The summed E-state index contributed by atoms with van der Waals surface area (Å²) in [5.41, 5.74) is 4.20. The number of rotatable bonds is 9. The Balaban J connectivity index is 1.40. The number of hydrogen-bond donors (Lipinski definition) is 0. The van der Waals surface area contributed by atoms with Gasteiger partial charge in [0.15, 0.2) is 18.3 Å². The van der Waals surface area contributed by atoms with Crippen molar-refractivity contribution in [2.24, 2.45) is 5.92 Å². The fourth-order valence-electron chi connectivity index (χ4n) is 5.26. The highest BCUT2D eigenvalue weighted by molar-refractivity contribution is 5.76. The molecule has 0 spiro atoms. The van der Waals surface area contributed by atoms with Crippen molar-refractivity contribution in [2.45, 2.75) is 44.9 Å². The second-order valence-corrected chi connectivity index (χ2v) is 9.56. The van der Waals surface area contributed by atoms with Crippen LogP contribution in [-0.4, -0.2) is 24.2 Å². The van der Waals surface area contributed by atoms with Crippen molar-refractivity contribution in [3.05, 3.63) is 96.4 Å². The summed E-state index contributed by atoms with van der Waals surface area (Å²) in [6, 6.07) is 28.6. The highest BCUT2D eigenvalue weighted by atomic mass is 16.6. The van der Waals surface area contributed by atoms with Crippen LogP contribution in [0.4, 0.5) is 0 Å². The van der Waals surface area contributed by atoms with Crippen LogP contribution in [0, 0.1) is 5.92 Å². The fraction of sp³-hybridized carbons (Fsp3) is 0.312. The van der Waals surface area contributed by atoms with E-state index in [0.717, 1.165) is 47.7 Å². The number of benzene rings is 3. The first kappa shape index (κ1) is 24.8. The average Bonchev–Trinajstić information content (AvgIpc) is 3.39. The molecule has 0 saturated heterocycles. The quantitative estimate of drug-likeness (QED) is 0.225. The van der Waals surface area contributed by atoms with Gasteiger partial charge in [0.2, 0.25) is 0 Å². The molecule has 5 nitrogen and oxygen atoms in total. The zero-order chi connectivity index (χ0) is 25.5. The van der Waals surface area contributed by atoms with Gasteiger partial charge in [0, 0.05) is 17.0 Å². The molecule has 0 bridgehead atoms. The van der Waals surface area contributed by atoms with Gasteiger partial charge < -0.3 is 13.9 Å². The first-order valence-electron chi connectivity index (χ1n) is 13.2. The number of hydrogen-bond acceptors (Lipinski definition) is 5. The maximum absolute atomic E-state index is 11.7. The summed E-state index contributed by atoms with van der Waals surface area (Å²) in [7, 11) is 0. The fourth-order valence-corrected chi connectivity index (χ4v) is 5.26. The molecule has 5 heteroatoms. The predicted octanol–water partition coefficient (Wildman–Crippen LogP) is 7.47. The van der Waals surface area contributed by atoms with E-state index in [0.29, 0.717) is 18.3 Å². The molecule has 0 N–H and O–H groups in total. The van der Waals surface area contributed by atoms with Gasteiger partial charge in [0.1, 0.15) is 11.4 Å². The molecule has 1 aliphatic rings. The van der Waals surface area contributed by atoms with E-state index in [1.807, 2.05) is 54.6 Å². The molecule has 37 heavy (non-hydrogen) atoms. The molecule has 1 aromatic heterocycles. The van der Waals surface area contributed by atoms with E-state index in [2.05, 4.69) is 30.3 Å². The normalized spacial score (nSPS) is 17.3. The SMILES string of the molecule is CCOC(=O)COc1cccc(C[C@H]2CCCC[C@H]2c2nc(-c3ccccc3)c(-c3ccccc3)o2)c1. The Hall–Kier alpha value is -3.86. The van der Waals surface area contributed by atoms with Gasteiger partial charge in [0.25, 0.3) is 0 Å². The number of oxazole rings is 1. The molecule has 2 atom stereocenters. The van der Waals surface area contributed by atoms with Gasteiger partial charge in [0.05, 0.1) is 6.61 Å². The van der Waals surface area contributed by atoms with E-state index in [1.165, 1.54) is 18.4 Å². The monoisotopic (exact) mass is 495 g/mol. The lowest BCUT2D eigenvalue weighted by atomic mass is 9.76. The lowest BCUT2D eigenvalue weighted by molar-refractivity contribution is -0.145. The van der Waals surface area contributed by atoms with Crippen LogP contribution < -0.4 is 4.74 Å². The maximum atomic E-state index is 11.7. The number of ether oxygens (including phenoxy) is 2. The summed E-state index contributed by atoms with van der Waals surface area (Å²) in [5.74, 6) is 2.66. The summed E-state index contributed by atoms with van der Waals surface area (Å²) in [6.07, 6.45) is 5.48. The van der Waals surface area contributed by atoms with E-state index in [4.69, 9.17) is 18.9 Å². The zero-order valence-electron chi connectivity index (χ0n) is 21.3. The topological polar surface area (TPSA) is 61.6 Å². The largest absolute Gasteiger partial charge is 0.482 e. The molecule has 0 radical (unpaired) electrons. The Morgan fingerprint density at radius 1 is 0.919 bits per heavy atom. The van der Waals surface area contributed by atoms with Crippen molar-refractivity contribution < 1.29 is 18.7 Å². The number of aromatic nitrogens is 1. The summed E-state index contributed by atoms with van der Waals surface area (Å²) in [6.45, 7) is 2.06. The van der Waals surface area contributed by atoms with Gasteiger partial charge >= 0.3 is 5.97 Å². The van der Waals surface area contributed by atoms with Crippen LogP contribution in [0.3, 0.4) is 0 Å². The zero-order valence-corrected chi connectivity index (χ0v) is 21.3. The Kier molecular flexibility index (Phi) is 7.99. The molecule has 0 aliphatic heterocycles. The van der Waals surface area contributed by atoms with Crippen molar-refractivity contribution in [2.75, 3.05) is 13.2 Å². The number of esters is 1. The number of carbonyl (C=O) groups is 1. The Labute approximate surface area is 218 Å². The molecular formula is C32H33NO4. The summed E-state index contributed by atoms with van der Waals surface area (Å²) in [5, 5.41) is 0. The van der Waals surface area contributed by atoms with Crippen molar-refractivity contribution in [3.63, 3.8) is 0 Å². The van der Waals surface area contributed by atoms with Gasteiger partial charge in [-0.05, 0) is 49.8 Å². The van der Waals surface area contributed by atoms with E-state index in [9.17, 15) is 4.79 Å². The molecule has 0 amide bonds. The third-order valence-electron chi connectivity index (χ3n) is 7.01. The molecule has 5 rings (SSSR count). The van der Waals surface area contributed by atoms with E-state index < -0.39 is 0 Å². The van der Waals surface area contributed by atoms with Crippen LogP contribution in [-0.2, 0) is 16.0 Å². The number of carbonyl (C=O) groups excluding carboxylic acids is 1. The molecule has 1 heterocycles. The van der Waals surface area contributed by atoms with Crippen molar-refractivity contribution in [1.29, 1.82) is 0 Å². The van der Waals surface area contributed by atoms with Crippen molar-refractivity contribution >= 4 is 5.97 Å². The van der Waals surface area contributed by atoms with Crippen LogP contribution in [0.25, 0.3) is 22.6 Å². The standard InChI is InChI=1S/C32H33NO4/c1-2-35-29(34)22-36-27-18-11-12-23(21-27)20-26-17-9-10-19-28(26)32-33-30(24-13-5-3-6-14-24)31(37-32)25-15-7-4-8-16-25/h3-8,11-16,18,21,26,28H,2,9-10,17,19-20,22H2,1H3/t26-,28-/m1/s1. The van der Waals surface area contributed by atoms with Crippen LogP contribution in [0.5, 0.6) is 5.75 Å². The second kappa shape index (κ2) is 11.9. The van der Waals surface area contributed by atoms with Gasteiger partial charge in [-0.25, -0.2) is 9.78 Å². The minimum absolute atomic E-state index is 0.0792. The van der Waals surface area contributed by atoms with Gasteiger partial charge in [-0.1, -0.05) is 85.6 Å². The third-order valence-corrected chi connectivity index (χ3v) is 7.01. The Morgan fingerprint density at radius 2 is 1.65 bits per heavy atom. The Bertz CT molecular complexity index is 1240. The number of nitrogens with zero attached hydrogens (tertiary/aromatic N) is 1. The van der Waals surface area contributed by atoms with E-state index >= 15 is 0 Å². The van der Waals surface area contributed by atoms with Gasteiger partial charge in [-0.2, -0.15) is 0 Å². The first-order chi connectivity index (χ1) is 18.2. The molecule has 1 aliphatic carbocycles. The van der Waals surface area contributed by atoms with Crippen molar-refractivity contribution in [3.8, 4) is 28.3 Å². The van der Waals surface area contributed by atoms with Crippen LogP contribution in [0.2, 0.25) is 0 Å². The lowest BCUT2D eigenvalue weighted by Gasteiger charge is -2.29. The predicted molar refractivity (Wildman–Crippen MR) is 144 cm³/mol. The molecule has 4 aromatic rings. The van der Waals surface area contributed by atoms with E-state index in [1.54, 1.807) is 6.92 Å². The Morgan fingerprint density at radius 3 is 2.41 bits per heavy atom. The maximum Gasteiger partial charge on any atom is 0.344 e.